The first-order chi connectivity index (χ1) is 6.79. The van der Waals surface area contributed by atoms with Gasteiger partial charge in [-0.1, -0.05) is 20.8 Å². The van der Waals surface area contributed by atoms with E-state index in [0.717, 1.165) is 0 Å². The molecule has 1 nitrogen and oxygen atoms in total. The molecule has 0 aliphatic rings. The van der Waals surface area contributed by atoms with Gasteiger partial charge in [0, 0.05) is 20.9 Å². The van der Waals surface area contributed by atoms with Gasteiger partial charge in [-0.3, -0.25) is 0 Å². The third kappa shape index (κ3) is 3.70. The van der Waals surface area contributed by atoms with Crippen molar-refractivity contribution in [1.29, 1.82) is 0 Å². The molecular formula is C11H15F2NS. The number of halogens is 2. The van der Waals surface area contributed by atoms with E-state index >= 15 is 0 Å². The molecule has 0 aliphatic heterocycles. The number of alkyl halides is 2. The molecule has 0 spiro atoms. The average Bonchev–Trinajstić information content (AvgIpc) is 2.05. The Bertz CT molecular complexity index is 345. The van der Waals surface area contributed by atoms with Crippen LogP contribution in [0.4, 0.5) is 14.5 Å². The molecule has 0 heterocycles. The molecule has 84 valence electrons. The van der Waals surface area contributed by atoms with Crippen LogP contribution < -0.4 is 5.73 Å². The van der Waals surface area contributed by atoms with Crippen LogP contribution in [0.15, 0.2) is 23.1 Å². The lowest BCUT2D eigenvalue weighted by atomic mass is 10.2. The van der Waals surface area contributed by atoms with Crippen molar-refractivity contribution < 1.29 is 8.78 Å². The summed E-state index contributed by atoms with van der Waals surface area (Å²) in [5, 5.41) is 0. The summed E-state index contributed by atoms with van der Waals surface area (Å²) in [6.45, 7) is 5.97. The molecule has 2 N–H and O–H groups in total. The fourth-order valence-electron chi connectivity index (χ4n) is 1.16. The van der Waals surface area contributed by atoms with Crippen LogP contribution >= 0.6 is 11.8 Å². The van der Waals surface area contributed by atoms with E-state index in [0.29, 0.717) is 10.6 Å². The summed E-state index contributed by atoms with van der Waals surface area (Å²) in [5.74, 6) is 0. The van der Waals surface area contributed by atoms with Gasteiger partial charge in [-0.15, -0.1) is 11.8 Å². The summed E-state index contributed by atoms with van der Waals surface area (Å²) in [6.07, 6.45) is -2.47. The van der Waals surface area contributed by atoms with Crippen molar-refractivity contribution in [3.05, 3.63) is 23.8 Å². The Labute approximate surface area is 93.1 Å². The number of anilines is 1. The number of hydrogen-bond donors (Lipinski definition) is 1. The lowest BCUT2D eigenvalue weighted by Crippen LogP contribution is -2.08. The molecule has 0 fully saturated rings. The fourth-order valence-corrected chi connectivity index (χ4v) is 2.22. The van der Waals surface area contributed by atoms with E-state index in [-0.39, 0.29) is 10.3 Å². The van der Waals surface area contributed by atoms with Crippen molar-refractivity contribution in [3.63, 3.8) is 0 Å². The predicted octanol–water partition coefficient (Wildman–Crippen LogP) is 4.10. The van der Waals surface area contributed by atoms with Crippen molar-refractivity contribution in [1.82, 2.24) is 0 Å². The summed E-state index contributed by atoms with van der Waals surface area (Å²) >= 11 is 1.43. The molecule has 0 unspecified atom stereocenters. The third-order valence-electron chi connectivity index (χ3n) is 1.69. The SMILES string of the molecule is CC(C)(C)Sc1ccc(N)cc1C(F)F. The Hall–Kier alpha value is -0.770. The van der Waals surface area contributed by atoms with Crippen LogP contribution in [-0.2, 0) is 0 Å². The van der Waals surface area contributed by atoms with Crippen LogP contribution in [-0.4, -0.2) is 4.75 Å². The second-order valence-corrected chi connectivity index (χ2v) is 6.18. The molecular weight excluding hydrogens is 216 g/mol. The van der Waals surface area contributed by atoms with E-state index in [2.05, 4.69) is 0 Å². The van der Waals surface area contributed by atoms with E-state index in [1.807, 2.05) is 20.8 Å². The lowest BCUT2D eigenvalue weighted by Gasteiger charge is -2.19. The van der Waals surface area contributed by atoms with E-state index in [4.69, 9.17) is 5.73 Å². The smallest absolute Gasteiger partial charge is 0.265 e. The number of nitrogens with two attached hydrogens (primary N) is 1. The molecule has 15 heavy (non-hydrogen) atoms. The zero-order chi connectivity index (χ0) is 11.6. The van der Waals surface area contributed by atoms with Gasteiger partial charge in [0.05, 0.1) is 0 Å². The first-order valence-electron chi connectivity index (χ1n) is 4.66. The monoisotopic (exact) mass is 231 g/mol. The van der Waals surface area contributed by atoms with Crippen molar-refractivity contribution >= 4 is 17.4 Å². The Morgan fingerprint density at radius 1 is 1.27 bits per heavy atom. The minimum absolute atomic E-state index is 0.0231. The van der Waals surface area contributed by atoms with Crippen molar-refractivity contribution in [2.75, 3.05) is 5.73 Å². The van der Waals surface area contributed by atoms with E-state index in [1.54, 1.807) is 12.1 Å². The number of nitrogen functional groups attached to an aromatic ring is 1. The van der Waals surface area contributed by atoms with E-state index in [1.165, 1.54) is 17.8 Å². The minimum atomic E-state index is -2.47. The largest absolute Gasteiger partial charge is 0.399 e. The zero-order valence-corrected chi connectivity index (χ0v) is 9.87. The summed E-state index contributed by atoms with van der Waals surface area (Å²) in [6, 6.07) is 4.66. The molecule has 0 amide bonds. The Morgan fingerprint density at radius 2 is 1.87 bits per heavy atom. The van der Waals surface area contributed by atoms with Crippen LogP contribution in [0.3, 0.4) is 0 Å². The van der Waals surface area contributed by atoms with Gasteiger partial charge in [0.15, 0.2) is 0 Å². The summed E-state index contributed by atoms with van der Waals surface area (Å²) in [5.41, 5.74) is 5.89. The standard InChI is InChI=1S/C11H15F2NS/c1-11(2,3)15-9-5-4-7(14)6-8(9)10(12)13/h4-6,10H,14H2,1-3H3. The number of benzene rings is 1. The second-order valence-electron chi connectivity index (χ2n) is 4.31. The van der Waals surface area contributed by atoms with Gasteiger partial charge in [-0.2, -0.15) is 0 Å². The van der Waals surface area contributed by atoms with E-state index < -0.39 is 6.43 Å². The highest BCUT2D eigenvalue weighted by atomic mass is 32.2. The molecule has 0 aliphatic carbocycles. The second kappa shape index (κ2) is 4.39. The molecule has 1 aromatic carbocycles. The van der Waals surface area contributed by atoms with Crippen LogP contribution in [0.5, 0.6) is 0 Å². The molecule has 0 atom stereocenters. The normalized spacial score (nSPS) is 12.1. The molecule has 0 saturated heterocycles. The van der Waals surface area contributed by atoms with Gasteiger partial charge in [0.25, 0.3) is 6.43 Å². The predicted molar refractivity (Wildman–Crippen MR) is 61.4 cm³/mol. The molecule has 0 aromatic heterocycles. The summed E-state index contributed by atoms with van der Waals surface area (Å²) in [7, 11) is 0. The van der Waals surface area contributed by atoms with Gasteiger partial charge < -0.3 is 5.73 Å². The van der Waals surface area contributed by atoms with Crippen molar-refractivity contribution in [2.45, 2.75) is 36.8 Å². The summed E-state index contributed by atoms with van der Waals surface area (Å²) in [4.78, 5) is 0.603. The maximum absolute atomic E-state index is 12.7. The first kappa shape index (κ1) is 12.3. The Morgan fingerprint density at radius 3 is 2.33 bits per heavy atom. The average molecular weight is 231 g/mol. The van der Waals surface area contributed by atoms with Crippen LogP contribution in [0.1, 0.15) is 32.8 Å². The Balaban J connectivity index is 3.06. The van der Waals surface area contributed by atoms with E-state index in [9.17, 15) is 8.78 Å². The van der Waals surface area contributed by atoms with Gasteiger partial charge in [-0.25, -0.2) is 8.78 Å². The molecule has 0 radical (unpaired) electrons. The molecule has 0 saturated carbocycles. The fraction of sp³-hybridized carbons (Fsp3) is 0.455. The highest BCUT2D eigenvalue weighted by Gasteiger charge is 2.19. The number of rotatable bonds is 2. The molecule has 4 heteroatoms. The van der Waals surface area contributed by atoms with Gasteiger partial charge in [0.1, 0.15) is 0 Å². The van der Waals surface area contributed by atoms with Crippen molar-refractivity contribution in [2.24, 2.45) is 0 Å². The van der Waals surface area contributed by atoms with Gasteiger partial charge in [0.2, 0.25) is 0 Å². The highest BCUT2D eigenvalue weighted by Crippen LogP contribution is 2.38. The number of thioether (sulfide) groups is 1. The molecule has 1 aromatic rings. The topological polar surface area (TPSA) is 26.0 Å². The molecule has 1 rings (SSSR count). The highest BCUT2D eigenvalue weighted by molar-refractivity contribution is 8.00. The minimum Gasteiger partial charge on any atom is -0.399 e. The van der Waals surface area contributed by atoms with Crippen LogP contribution in [0.2, 0.25) is 0 Å². The number of hydrogen-bond acceptors (Lipinski definition) is 2. The third-order valence-corrected chi connectivity index (χ3v) is 2.89. The maximum atomic E-state index is 12.7. The van der Waals surface area contributed by atoms with Crippen LogP contribution in [0, 0.1) is 0 Å². The molecule has 0 bridgehead atoms. The zero-order valence-electron chi connectivity index (χ0n) is 9.05. The lowest BCUT2D eigenvalue weighted by molar-refractivity contribution is 0.148. The first-order valence-corrected chi connectivity index (χ1v) is 5.48. The van der Waals surface area contributed by atoms with Gasteiger partial charge in [-0.05, 0) is 18.2 Å². The Kier molecular flexibility index (Phi) is 3.60. The quantitative estimate of drug-likeness (QED) is 0.612. The summed E-state index contributed by atoms with van der Waals surface area (Å²) < 4.78 is 25.3. The maximum Gasteiger partial charge on any atom is 0.265 e. The van der Waals surface area contributed by atoms with Crippen LogP contribution in [0.25, 0.3) is 0 Å². The van der Waals surface area contributed by atoms with Crippen molar-refractivity contribution in [3.8, 4) is 0 Å². The van der Waals surface area contributed by atoms with Gasteiger partial charge >= 0.3 is 0 Å².